The van der Waals surface area contributed by atoms with Crippen LogP contribution < -0.4 is 9.47 Å². The average molecular weight is 348 g/mol. The second-order valence-corrected chi connectivity index (χ2v) is 6.79. The highest BCUT2D eigenvalue weighted by Gasteiger charge is 2.06. The van der Waals surface area contributed by atoms with Gasteiger partial charge < -0.3 is 14.6 Å². The molecule has 2 rings (SSSR count). The number of hydrogen-bond donors (Lipinski definition) is 1. The summed E-state index contributed by atoms with van der Waals surface area (Å²) in [4.78, 5) is 11.7. The third-order valence-electron chi connectivity index (χ3n) is 3.87. The molecule has 0 aliphatic carbocycles. The summed E-state index contributed by atoms with van der Waals surface area (Å²) in [6.07, 6.45) is 4.23. The predicted octanol–water partition coefficient (Wildman–Crippen LogP) is 4.98. The number of ether oxygens (including phenoxy) is 2. The van der Waals surface area contributed by atoms with Crippen molar-refractivity contribution < 1.29 is 19.4 Å². The Morgan fingerprint density at radius 1 is 0.958 bits per heavy atom. The lowest BCUT2D eigenvalue weighted by Crippen LogP contribution is -1.93. The number of unbranched alkanes of at least 4 members (excludes halogenated alkanes) is 3. The maximum Gasteiger partial charge on any atom is 0.303 e. The Morgan fingerprint density at radius 2 is 1.62 bits per heavy atom. The lowest BCUT2D eigenvalue weighted by atomic mass is 10.1. The van der Waals surface area contributed by atoms with Crippen LogP contribution in [-0.2, 0) is 4.79 Å². The fourth-order valence-corrected chi connectivity index (χ4v) is 3.52. The van der Waals surface area contributed by atoms with Gasteiger partial charge in [-0.2, -0.15) is 0 Å². The van der Waals surface area contributed by atoms with Gasteiger partial charge in [0.05, 0.1) is 14.2 Å². The number of methoxy groups -OCH3 is 2. The lowest BCUT2D eigenvalue weighted by molar-refractivity contribution is -0.137. The monoisotopic (exact) mass is 348 g/mol. The molecule has 0 bridgehead atoms. The molecule has 1 N–H and O–H groups in total. The SMILES string of the molecule is COc1cc2ccc(SCCCCCCC(=O)O)cc2cc1OC. The molecule has 0 amide bonds. The summed E-state index contributed by atoms with van der Waals surface area (Å²) >= 11 is 1.83. The smallest absolute Gasteiger partial charge is 0.303 e. The van der Waals surface area contributed by atoms with Crippen LogP contribution in [0.5, 0.6) is 11.5 Å². The second-order valence-electron chi connectivity index (χ2n) is 5.62. The molecule has 24 heavy (non-hydrogen) atoms. The van der Waals surface area contributed by atoms with Crippen molar-refractivity contribution in [1.82, 2.24) is 0 Å². The van der Waals surface area contributed by atoms with E-state index in [0.717, 1.165) is 53.7 Å². The zero-order valence-corrected chi connectivity index (χ0v) is 15.0. The normalized spacial score (nSPS) is 10.8. The van der Waals surface area contributed by atoms with E-state index in [9.17, 15) is 4.79 Å². The summed E-state index contributed by atoms with van der Waals surface area (Å²) < 4.78 is 10.7. The summed E-state index contributed by atoms with van der Waals surface area (Å²) in [6.45, 7) is 0. The van der Waals surface area contributed by atoms with Gasteiger partial charge in [0.15, 0.2) is 11.5 Å². The average Bonchev–Trinajstić information content (AvgIpc) is 2.59. The first kappa shape index (κ1) is 18.5. The van der Waals surface area contributed by atoms with E-state index >= 15 is 0 Å². The first-order chi connectivity index (χ1) is 11.6. The molecule has 4 nitrogen and oxygen atoms in total. The maximum absolute atomic E-state index is 10.4. The van der Waals surface area contributed by atoms with Crippen molar-refractivity contribution in [2.45, 2.75) is 37.0 Å². The number of carboxylic acids is 1. The number of hydrogen-bond acceptors (Lipinski definition) is 4. The summed E-state index contributed by atoms with van der Waals surface area (Å²) in [5.74, 6) is 1.83. The zero-order chi connectivity index (χ0) is 17.4. The van der Waals surface area contributed by atoms with Crippen molar-refractivity contribution in [3.63, 3.8) is 0 Å². The molecular weight excluding hydrogens is 324 g/mol. The fourth-order valence-electron chi connectivity index (χ4n) is 2.56. The molecule has 130 valence electrons. The fraction of sp³-hybridized carbons (Fsp3) is 0.421. The van der Waals surface area contributed by atoms with Crippen molar-refractivity contribution in [3.8, 4) is 11.5 Å². The third kappa shape index (κ3) is 5.34. The molecule has 0 heterocycles. The van der Waals surface area contributed by atoms with Crippen LogP contribution in [0.3, 0.4) is 0 Å². The molecule has 0 aromatic heterocycles. The van der Waals surface area contributed by atoms with Crippen LogP contribution in [0.2, 0.25) is 0 Å². The minimum atomic E-state index is -0.701. The summed E-state index contributed by atoms with van der Waals surface area (Å²) in [7, 11) is 3.29. The van der Waals surface area contributed by atoms with Crippen molar-refractivity contribution in [3.05, 3.63) is 30.3 Å². The van der Waals surface area contributed by atoms with Gasteiger partial charge in [0.1, 0.15) is 0 Å². The molecule has 0 spiro atoms. The largest absolute Gasteiger partial charge is 0.493 e. The van der Waals surface area contributed by atoms with Crippen LogP contribution >= 0.6 is 11.8 Å². The van der Waals surface area contributed by atoms with Gasteiger partial charge in [-0.05, 0) is 53.6 Å². The van der Waals surface area contributed by atoms with Crippen molar-refractivity contribution >= 4 is 28.5 Å². The van der Waals surface area contributed by atoms with Crippen LogP contribution in [0.25, 0.3) is 10.8 Å². The van der Waals surface area contributed by atoms with Crippen LogP contribution in [0.4, 0.5) is 0 Å². The van der Waals surface area contributed by atoms with Crippen LogP contribution in [-0.4, -0.2) is 31.0 Å². The molecular formula is C19H24O4S. The summed E-state index contributed by atoms with van der Waals surface area (Å²) in [5.41, 5.74) is 0. The highest BCUT2D eigenvalue weighted by molar-refractivity contribution is 7.99. The zero-order valence-electron chi connectivity index (χ0n) is 14.2. The van der Waals surface area contributed by atoms with E-state index in [-0.39, 0.29) is 6.42 Å². The van der Waals surface area contributed by atoms with Gasteiger partial charge in [0, 0.05) is 11.3 Å². The number of thioether (sulfide) groups is 1. The predicted molar refractivity (Wildman–Crippen MR) is 98.5 cm³/mol. The Balaban J connectivity index is 1.87. The molecule has 0 unspecified atom stereocenters. The van der Waals surface area contributed by atoms with Gasteiger partial charge in [-0.25, -0.2) is 0 Å². The van der Waals surface area contributed by atoms with Crippen LogP contribution in [0.1, 0.15) is 32.1 Å². The quantitative estimate of drug-likeness (QED) is 0.484. The Kier molecular flexibility index (Phi) is 7.25. The molecule has 0 saturated carbocycles. The topological polar surface area (TPSA) is 55.8 Å². The number of carboxylic acid groups (broad SMARTS) is 1. The summed E-state index contributed by atoms with van der Waals surface area (Å²) in [5, 5.41) is 10.9. The molecule has 0 aliphatic rings. The molecule has 0 fully saturated rings. The Morgan fingerprint density at radius 3 is 2.29 bits per heavy atom. The number of carbonyl (C=O) groups is 1. The van der Waals surface area contributed by atoms with Gasteiger partial charge in [-0.15, -0.1) is 11.8 Å². The molecule has 2 aromatic carbocycles. The highest BCUT2D eigenvalue weighted by Crippen LogP contribution is 2.34. The highest BCUT2D eigenvalue weighted by atomic mass is 32.2. The van der Waals surface area contributed by atoms with E-state index in [1.165, 1.54) is 4.90 Å². The first-order valence-corrected chi connectivity index (χ1v) is 9.13. The van der Waals surface area contributed by atoms with E-state index in [0.29, 0.717) is 0 Å². The van der Waals surface area contributed by atoms with Gasteiger partial charge >= 0.3 is 5.97 Å². The van der Waals surface area contributed by atoms with Gasteiger partial charge in [0.25, 0.3) is 0 Å². The van der Waals surface area contributed by atoms with E-state index in [4.69, 9.17) is 14.6 Å². The van der Waals surface area contributed by atoms with Gasteiger partial charge in [-0.1, -0.05) is 18.9 Å². The number of fused-ring (bicyclic) bond motifs is 1. The van der Waals surface area contributed by atoms with Gasteiger partial charge in [0.2, 0.25) is 0 Å². The maximum atomic E-state index is 10.4. The van der Waals surface area contributed by atoms with Crippen molar-refractivity contribution in [2.24, 2.45) is 0 Å². The van der Waals surface area contributed by atoms with E-state index in [1.807, 2.05) is 23.9 Å². The Labute approximate surface area is 147 Å². The molecule has 5 heteroatoms. The minimum absolute atomic E-state index is 0.281. The molecule has 2 aromatic rings. The standard InChI is InChI=1S/C19H24O4S/c1-22-17-12-14-8-9-16(11-15(14)13-18(17)23-2)24-10-6-4-3-5-7-19(20)21/h8-9,11-13H,3-7,10H2,1-2H3,(H,20,21). The molecule has 0 saturated heterocycles. The Hall–Kier alpha value is -1.88. The lowest BCUT2D eigenvalue weighted by Gasteiger charge is -2.10. The van der Waals surface area contributed by atoms with Crippen molar-refractivity contribution in [1.29, 1.82) is 0 Å². The Bertz CT molecular complexity index is 684. The summed E-state index contributed by atoms with van der Waals surface area (Å²) in [6, 6.07) is 10.4. The third-order valence-corrected chi connectivity index (χ3v) is 4.95. The molecule has 0 radical (unpaired) electrons. The molecule has 0 aliphatic heterocycles. The molecule has 0 atom stereocenters. The van der Waals surface area contributed by atoms with Crippen LogP contribution in [0.15, 0.2) is 35.2 Å². The van der Waals surface area contributed by atoms with E-state index < -0.39 is 5.97 Å². The number of rotatable bonds is 10. The van der Waals surface area contributed by atoms with Crippen LogP contribution in [0, 0.1) is 0 Å². The minimum Gasteiger partial charge on any atom is -0.493 e. The second kappa shape index (κ2) is 9.42. The van der Waals surface area contributed by atoms with Gasteiger partial charge in [-0.3, -0.25) is 4.79 Å². The first-order valence-electron chi connectivity index (χ1n) is 8.14. The van der Waals surface area contributed by atoms with E-state index in [1.54, 1.807) is 14.2 Å². The number of benzene rings is 2. The van der Waals surface area contributed by atoms with Crippen molar-refractivity contribution in [2.75, 3.05) is 20.0 Å². The van der Waals surface area contributed by atoms with E-state index in [2.05, 4.69) is 18.2 Å². The number of aliphatic carboxylic acids is 1.